The maximum atomic E-state index is 4.22. The van der Waals surface area contributed by atoms with Gasteiger partial charge in [0.2, 0.25) is 0 Å². The summed E-state index contributed by atoms with van der Waals surface area (Å²) in [6, 6.07) is 0. The Labute approximate surface area is 87.1 Å². The van der Waals surface area contributed by atoms with Crippen LogP contribution in [-0.2, 0) is 11.2 Å². The van der Waals surface area contributed by atoms with Crippen molar-refractivity contribution in [1.29, 1.82) is 0 Å². The Balaban J connectivity index is 2.75. The predicted octanol–water partition coefficient (Wildman–Crippen LogP) is 2.60. The van der Waals surface area contributed by atoms with Crippen molar-refractivity contribution in [2.24, 2.45) is 0 Å². The molecule has 0 bridgehead atoms. The lowest BCUT2D eigenvalue weighted by Gasteiger charge is -2.12. The fourth-order valence-electron chi connectivity index (χ4n) is 0.891. The predicted molar refractivity (Wildman–Crippen MR) is 63.1 cm³/mol. The van der Waals surface area contributed by atoms with Gasteiger partial charge in [-0.15, -0.1) is 21.5 Å². The number of hydrogen-bond acceptors (Lipinski definition) is 3. The third kappa shape index (κ3) is 3.27. The first-order valence-electron chi connectivity index (χ1n) is 4.37. The Morgan fingerprint density at radius 2 is 1.85 bits per heavy atom. The Morgan fingerprint density at radius 1 is 1.23 bits per heavy atom. The first-order valence-corrected chi connectivity index (χ1v) is 7.61. The minimum atomic E-state index is 0.109. The molecule has 1 rings (SSSR count). The summed E-state index contributed by atoms with van der Waals surface area (Å²) < 4.78 is 0. The highest BCUT2D eigenvalue weighted by molar-refractivity contribution is 8.15. The quantitative estimate of drug-likeness (QED) is 0.772. The lowest BCUT2D eigenvalue weighted by Crippen LogP contribution is -2.10. The standard InChI is InChI=1S/C9H18N2S2/c1-9(2,3)8-11-10-7(12-8)6-13(4)5/h13H,6H2,1-5H3. The van der Waals surface area contributed by atoms with Gasteiger partial charge in [-0.25, -0.2) is 0 Å². The minimum absolute atomic E-state index is 0.109. The molecule has 0 atom stereocenters. The average Bonchev–Trinajstić information content (AvgIpc) is 2.32. The zero-order valence-corrected chi connectivity index (χ0v) is 10.7. The monoisotopic (exact) mass is 218 g/mol. The van der Waals surface area contributed by atoms with Crippen LogP contribution in [-0.4, -0.2) is 22.7 Å². The Bertz CT molecular complexity index is 273. The maximum Gasteiger partial charge on any atom is 0.125 e. The van der Waals surface area contributed by atoms with E-state index in [-0.39, 0.29) is 16.3 Å². The first kappa shape index (κ1) is 11.0. The third-order valence-electron chi connectivity index (χ3n) is 1.56. The topological polar surface area (TPSA) is 25.8 Å². The van der Waals surface area contributed by atoms with Gasteiger partial charge < -0.3 is 0 Å². The Kier molecular flexibility index (Phi) is 3.35. The van der Waals surface area contributed by atoms with Gasteiger partial charge in [-0.3, -0.25) is 10.9 Å². The third-order valence-corrected chi connectivity index (χ3v) is 4.05. The van der Waals surface area contributed by atoms with E-state index >= 15 is 0 Å². The summed E-state index contributed by atoms with van der Waals surface area (Å²) in [6.07, 6.45) is 4.54. The molecule has 0 fully saturated rings. The fraction of sp³-hybridized carbons (Fsp3) is 0.778. The molecule has 0 spiro atoms. The molecule has 0 saturated heterocycles. The summed E-state index contributed by atoms with van der Waals surface area (Å²) in [6.45, 7) is 6.54. The first-order chi connectivity index (χ1) is 5.89. The molecule has 0 aliphatic heterocycles. The van der Waals surface area contributed by atoms with E-state index in [9.17, 15) is 0 Å². The number of aromatic nitrogens is 2. The maximum absolute atomic E-state index is 4.22. The highest BCUT2D eigenvalue weighted by Gasteiger charge is 2.19. The summed E-state index contributed by atoms with van der Waals surface area (Å²) in [5, 5.41) is 10.8. The van der Waals surface area contributed by atoms with Crippen molar-refractivity contribution in [3.05, 3.63) is 10.0 Å². The summed E-state index contributed by atoms with van der Waals surface area (Å²) in [7, 11) is 0.109. The molecule has 1 heterocycles. The molecule has 0 aromatic carbocycles. The van der Waals surface area contributed by atoms with Crippen molar-refractivity contribution in [3.63, 3.8) is 0 Å². The second-order valence-electron chi connectivity index (χ2n) is 4.49. The summed E-state index contributed by atoms with van der Waals surface area (Å²) in [4.78, 5) is 0. The van der Waals surface area contributed by atoms with Gasteiger partial charge in [0.05, 0.1) is 0 Å². The molecule has 1 aromatic heterocycles. The molecule has 0 unspecified atom stereocenters. The fourth-order valence-corrected chi connectivity index (χ4v) is 3.22. The van der Waals surface area contributed by atoms with E-state index in [1.165, 1.54) is 5.01 Å². The molecule has 76 valence electrons. The van der Waals surface area contributed by atoms with Gasteiger partial charge in [-0.05, 0) is 12.5 Å². The van der Waals surface area contributed by atoms with Crippen LogP contribution in [0.25, 0.3) is 0 Å². The minimum Gasteiger partial charge on any atom is -0.253 e. The van der Waals surface area contributed by atoms with E-state index in [1.54, 1.807) is 11.3 Å². The molecule has 0 aliphatic carbocycles. The zero-order chi connectivity index (χ0) is 10.1. The van der Waals surface area contributed by atoms with Gasteiger partial charge in [0.25, 0.3) is 0 Å². The second-order valence-corrected chi connectivity index (χ2v) is 8.03. The van der Waals surface area contributed by atoms with E-state index < -0.39 is 0 Å². The highest BCUT2D eigenvalue weighted by Crippen LogP contribution is 2.29. The number of thiol groups is 1. The van der Waals surface area contributed by atoms with Gasteiger partial charge >= 0.3 is 0 Å². The van der Waals surface area contributed by atoms with Crippen molar-refractivity contribution >= 4 is 22.2 Å². The van der Waals surface area contributed by atoms with Gasteiger partial charge in [-0.2, -0.15) is 0 Å². The largest absolute Gasteiger partial charge is 0.253 e. The van der Waals surface area contributed by atoms with Crippen LogP contribution in [0.3, 0.4) is 0 Å². The van der Waals surface area contributed by atoms with Crippen molar-refractivity contribution in [1.82, 2.24) is 10.2 Å². The van der Waals surface area contributed by atoms with Crippen molar-refractivity contribution in [2.45, 2.75) is 31.9 Å². The highest BCUT2D eigenvalue weighted by atomic mass is 32.2. The van der Waals surface area contributed by atoms with E-state index in [4.69, 9.17) is 0 Å². The number of hydrogen-bond donors (Lipinski definition) is 1. The molecule has 2 nitrogen and oxygen atoms in total. The van der Waals surface area contributed by atoms with Crippen molar-refractivity contribution < 1.29 is 0 Å². The normalized spacial score (nSPS) is 13.2. The lowest BCUT2D eigenvalue weighted by molar-refractivity contribution is 0.578. The molecule has 0 N–H and O–H groups in total. The SMILES string of the molecule is C[SH](C)Cc1nnc(C(C)(C)C)s1. The van der Waals surface area contributed by atoms with E-state index in [0.29, 0.717) is 0 Å². The van der Waals surface area contributed by atoms with Crippen LogP contribution in [0.2, 0.25) is 0 Å². The molecular weight excluding hydrogens is 200 g/mol. The van der Waals surface area contributed by atoms with Gasteiger partial charge in [0.15, 0.2) is 0 Å². The van der Waals surface area contributed by atoms with Gasteiger partial charge in [-0.1, -0.05) is 20.8 Å². The van der Waals surface area contributed by atoms with E-state index in [1.807, 2.05) is 0 Å². The molecule has 0 saturated carbocycles. The molecule has 0 aliphatic rings. The van der Waals surface area contributed by atoms with Crippen LogP contribution in [0.4, 0.5) is 0 Å². The smallest absolute Gasteiger partial charge is 0.125 e. The number of rotatable bonds is 2. The van der Waals surface area contributed by atoms with Crippen LogP contribution in [0.15, 0.2) is 0 Å². The van der Waals surface area contributed by atoms with Crippen LogP contribution >= 0.6 is 22.2 Å². The molecular formula is C9H18N2S2. The lowest BCUT2D eigenvalue weighted by atomic mass is 9.98. The molecule has 4 heteroatoms. The molecule has 13 heavy (non-hydrogen) atoms. The zero-order valence-electron chi connectivity index (χ0n) is 8.96. The average molecular weight is 218 g/mol. The second kappa shape index (κ2) is 3.96. The van der Waals surface area contributed by atoms with Crippen molar-refractivity contribution in [3.8, 4) is 0 Å². The Morgan fingerprint density at radius 3 is 2.23 bits per heavy atom. The molecule has 1 aromatic rings. The van der Waals surface area contributed by atoms with Gasteiger partial charge in [0.1, 0.15) is 10.0 Å². The summed E-state index contributed by atoms with van der Waals surface area (Å²) in [5.41, 5.74) is 0.153. The molecule has 0 radical (unpaired) electrons. The number of nitrogens with zero attached hydrogens (tertiary/aromatic N) is 2. The van der Waals surface area contributed by atoms with Crippen LogP contribution in [0.1, 0.15) is 30.8 Å². The Hall–Kier alpha value is -0.0900. The van der Waals surface area contributed by atoms with Gasteiger partial charge in [0, 0.05) is 11.2 Å². The summed E-state index contributed by atoms with van der Waals surface area (Å²) in [5.74, 6) is 1.11. The van der Waals surface area contributed by atoms with Crippen LogP contribution < -0.4 is 0 Å². The van der Waals surface area contributed by atoms with E-state index in [2.05, 4.69) is 43.5 Å². The van der Waals surface area contributed by atoms with Crippen LogP contribution in [0, 0.1) is 0 Å². The van der Waals surface area contributed by atoms with Crippen molar-refractivity contribution in [2.75, 3.05) is 12.5 Å². The van der Waals surface area contributed by atoms with E-state index in [0.717, 1.165) is 10.8 Å². The summed E-state index contributed by atoms with van der Waals surface area (Å²) >= 11 is 1.76. The van der Waals surface area contributed by atoms with Crippen LogP contribution in [0.5, 0.6) is 0 Å². The molecule has 0 amide bonds.